The SMILES string of the molecule is C[C@]1(n2cc(O)c(N)nc2=O)C[C@H](O)[C@@H](CO)O1. The molecule has 2 heterocycles. The Bertz CT molecular complexity index is 517. The van der Waals surface area contributed by atoms with Crippen molar-refractivity contribution in [3.63, 3.8) is 0 Å². The number of hydrogen-bond acceptors (Lipinski definition) is 7. The van der Waals surface area contributed by atoms with E-state index in [2.05, 4.69) is 4.98 Å². The average molecular weight is 257 g/mol. The molecule has 0 bridgehead atoms. The van der Waals surface area contributed by atoms with Crippen molar-refractivity contribution in [1.82, 2.24) is 9.55 Å². The molecule has 1 aromatic heterocycles. The van der Waals surface area contributed by atoms with Gasteiger partial charge in [0.1, 0.15) is 11.8 Å². The number of ether oxygens (including phenoxy) is 1. The molecule has 8 nitrogen and oxygen atoms in total. The molecule has 0 amide bonds. The minimum Gasteiger partial charge on any atom is -0.503 e. The van der Waals surface area contributed by atoms with Crippen LogP contribution in [0.25, 0.3) is 0 Å². The molecule has 1 aliphatic rings. The van der Waals surface area contributed by atoms with Gasteiger partial charge in [0.05, 0.1) is 18.9 Å². The second-order valence-corrected chi connectivity index (χ2v) is 4.45. The minimum absolute atomic E-state index is 0.100. The Hall–Kier alpha value is -1.64. The second-order valence-electron chi connectivity index (χ2n) is 4.45. The molecule has 0 saturated carbocycles. The summed E-state index contributed by atoms with van der Waals surface area (Å²) in [5.41, 5.74) is 3.43. The molecule has 18 heavy (non-hydrogen) atoms. The lowest BCUT2D eigenvalue weighted by molar-refractivity contribution is -0.108. The highest BCUT2D eigenvalue weighted by Crippen LogP contribution is 2.34. The third-order valence-electron chi connectivity index (χ3n) is 3.05. The summed E-state index contributed by atoms with van der Waals surface area (Å²) >= 11 is 0. The van der Waals surface area contributed by atoms with Gasteiger partial charge in [-0.3, -0.25) is 4.57 Å². The molecule has 3 atom stereocenters. The predicted octanol–water partition coefficient (Wildman–Crippen LogP) is -1.65. The summed E-state index contributed by atoms with van der Waals surface area (Å²) in [6.45, 7) is 1.20. The maximum absolute atomic E-state index is 11.7. The molecule has 1 fully saturated rings. The first-order valence-electron chi connectivity index (χ1n) is 5.43. The molecular weight excluding hydrogens is 242 g/mol. The number of aromatic nitrogens is 2. The van der Waals surface area contributed by atoms with Gasteiger partial charge in [0.25, 0.3) is 0 Å². The predicted molar refractivity (Wildman–Crippen MR) is 60.8 cm³/mol. The fourth-order valence-electron chi connectivity index (χ4n) is 2.08. The van der Waals surface area contributed by atoms with E-state index in [-0.39, 0.29) is 24.6 Å². The van der Waals surface area contributed by atoms with Crippen molar-refractivity contribution >= 4 is 5.82 Å². The van der Waals surface area contributed by atoms with Gasteiger partial charge >= 0.3 is 5.69 Å². The van der Waals surface area contributed by atoms with Gasteiger partial charge in [0, 0.05) is 6.42 Å². The number of nitrogens with two attached hydrogens (primary N) is 1. The molecule has 8 heteroatoms. The van der Waals surface area contributed by atoms with E-state index in [9.17, 15) is 15.0 Å². The van der Waals surface area contributed by atoms with Crippen molar-refractivity contribution in [2.45, 2.75) is 31.3 Å². The Morgan fingerprint density at radius 3 is 2.94 bits per heavy atom. The lowest BCUT2D eigenvalue weighted by Gasteiger charge is -2.26. The first-order chi connectivity index (χ1) is 8.37. The third kappa shape index (κ3) is 1.94. The molecule has 1 saturated heterocycles. The molecule has 5 N–H and O–H groups in total. The number of aliphatic hydroxyl groups excluding tert-OH is 2. The topological polar surface area (TPSA) is 131 Å². The summed E-state index contributed by atoms with van der Waals surface area (Å²) in [5.74, 6) is -0.613. The van der Waals surface area contributed by atoms with Gasteiger partial charge < -0.3 is 25.8 Å². The van der Waals surface area contributed by atoms with Crippen LogP contribution in [0, 0.1) is 0 Å². The quantitative estimate of drug-likeness (QED) is 0.499. The monoisotopic (exact) mass is 257 g/mol. The summed E-state index contributed by atoms with van der Waals surface area (Å²) in [7, 11) is 0. The van der Waals surface area contributed by atoms with Crippen LogP contribution in [0.1, 0.15) is 13.3 Å². The Labute approximate surface area is 102 Å². The normalized spacial score (nSPS) is 31.7. The average Bonchev–Trinajstić information content (AvgIpc) is 2.59. The molecule has 0 spiro atoms. The third-order valence-corrected chi connectivity index (χ3v) is 3.05. The second kappa shape index (κ2) is 4.23. The van der Waals surface area contributed by atoms with E-state index in [0.29, 0.717) is 0 Å². The zero-order valence-corrected chi connectivity index (χ0v) is 9.78. The number of aromatic hydroxyl groups is 1. The molecule has 100 valence electrons. The van der Waals surface area contributed by atoms with Crippen molar-refractivity contribution in [3.8, 4) is 5.75 Å². The van der Waals surface area contributed by atoms with Gasteiger partial charge in [-0.1, -0.05) is 0 Å². The Kier molecular flexibility index (Phi) is 3.01. The minimum atomic E-state index is -1.18. The van der Waals surface area contributed by atoms with Crippen LogP contribution in [-0.4, -0.2) is 43.7 Å². The smallest absolute Gasteiger partial charge is 0.352 e. The van der Waals surface area contributed by atoms with Crippen LogP contribution in [0.4, 0.5) is 5.82 Å². The van der Waals surface area contributed by atoms with Gasteiger partial charge in [-0.2, -0.15) is 4.98 Å². The summed E-state index contributed by atoms with van der Waals surface area (Å²) in [4.78, 5) is 15.2. The molecule has 1 aromatic rings. The van der Waals surface area contributed by atoms with Crippen molar-refractivity contribution < 1.29 is 20.1 Å². The first kappa shape index (κ1) is 12.8. The van der Waals surface area contributed by atoms with Crippen molar-refractivity contribution in [1.29, 1.82) is 0 Å². The lowest BCUT2D eigenvalue weighted by atomic mass is 10.1. The number of aliphatic hydroxyl groups is 2. The van der Waals surface area contributed by atoms with E-state index in [4.69, 9.17) is 15.6 Å². The van der Waals surface area contributed by atoms with Gasteiger partial charge in [-0.05, 0) is 6.92 Å². The fourth-order valence-corrected chi connectivity index (χ4v) is 2.08. The standard InChI is InChI=1S/C10H15N3O5/c1-10(2-5(15)7(4-14)18-10)13-3-6(16)8(11)12-9(13)17/h3,5,7,14-16H,2,4H2,1H3,(H2,11,12,17)/t5-,7+,10+/m0/s1. The van der Waals surface area contributed by atoms with E-state index >= 15 is 0 Å². The van der Waals surface area contributed by atoms with Crippen LogP contribution in [0.3, 0.4) is 0 Å². The highest BCUT2D eigenvalue weighted by atomic mass is 16.6. The Morgan fingerprint density at radius 2 is 2.39 bits per heavy atom. The van der Waals surface area contributed by atoms with Gasteiger partial charge in [-0.15, -0.1) is 0 Å². The summed E-state index contributed by atoms with van der Waals surface area (Å²) < 4.78 is 6.50. The van der Waals surface area contributed by atoms with Gasteiger partial charge in [0.15, 0.2) is 11.6 Å². The van der Waals surface area contributed by atoms with E-state index < -0.39 is 23.6 Å². The van der Waals surface area contributed by atoms with Crippen LogP contribution < -0.4 is 11.4 Å². The summed E-state index contributed by atoms with van der Waals surface area (Å²) in [6, 6.07) is 0. The molecule has 1 aliphatic heterocycles. The van der Waals surface area contributed by atoms with E-state index in [0.717, 1.165) is 10.8 Å². The van der Waals surface area contributed by atoms with Crippen molar-refractivity contribution in [2.24, 2.45) is 0 Å². The fraction of sp³-hybridized carbons (Fsp3) is 0.600. The van der Waals surface area contributed by atoms with Crippen LogP contribution in [0.15, 0.2) is 11.0 Å². The largest absolute Gasteiger partial charge is 0.503 e. The number of nitrogen functional groups attached to an aromatic ring is 1. The number of nitrogens with zero attached hydrogens (tertiary/aromatic N) is 2. The molecular formula is C10H15N3O5. The zero-order valence-electron chi connectivity index (χ0n) is 9.78. The van der Waals surface area contributed by atoms with Gasteiger partial charge in [0.2, 0.25) is 0 Å². The van der Waals surface area contributed by atoms with Crippen molar-refractivity contribution in [2.75, 3.05) is 12.3 Å². The molecule has 0 aromatic carbocycles. The number of rotatable bonds is 2. The lowest BCUT2D eigenvalue weighted by Crippen LogP contribution is -2.40. The van der Waals surface area contributed by atoms with Crippen LogP contribution >= 0.6 is 0 Å². The molecule has 0 aliphatic carbocycles. The summed E-state index contributed by atoms with van der Waals surface area (Å²) in [6.07, 6.45) is -0.464. The first-order valence-corrected chi connectivity index (χ1v) is 5.43. The number of hydrogen-bond donors (Lipinski definition) is 4. The molecule has 0 radical (unpaired) electrons. The highest BCUT2D eigenvalue weighted by Gasteiger charge is 2.44. The maximum Gasteiger partial charge on any atom is 0.352 e. The Morgan fingerprint density at radius 1 is 1.72 bits per heavy atom. The Balaban J connectivity index is 2.43. The van der Waals surface area contributed by atoms with Crippen LogP contribution in [0.5, 0.6) is 5.75 Å². The van der Waals surface area contributed by atoms with Crippen molar-refractivity contribution in [3.05, 3.63) is 16.7 Å². The van der Waals surface area contributed by atoms with E-state index in [1.807, 2.05) is 0 Å². The van der Waals surface area contributed by atoms with E-state index in [1.54, 1.807) is 6.92 Å². The highest BCUT2D eigenvalue weighted by molar-refractivity contribution is 5.41. The van der Waals surface area contributed by atoms with Crippen LogP contribution in [-0.2, 0) is 10.5 Å². The number of anilines is 1. The summed E-state index contributed by atoms with van der Waals surface area (Å²) in [5, 5.41) is 28.2. The van der Waals surface area contributed by atoms with Crippen LogP contribution in [0.2, 0.25) is 0 Å². The zero-order chi connectivity index (χ0) is 13.5. The van der Waals surface area contributed by atoms with Gasteiger partial charge in [-0.25, -0.2) is 4.79 Å². The maximum atomic E-state index is 11.7. The molecule has 0 unspecified atom stereocenters. The molecule has 2 rings (SSSR count). The van der Waals surface area contributed by atoms with E-state index in [1.165, 1.54) is 0 Å².